The molecular weight excluding hydrogens is 1790 g/mol. The molecule has 0 spiro atoms. The fourth-order valence-electron chi connectivity index (χ4n) is 17.5. The van der Waals surface area contributed by atoms with Crippen LogP contribution in [0.25, 0.3) is 101 Å². The number of carbonyl (C=O) groups excluding carboxylic acids is 1. The Kier molecular flexibility index (Phi) is 24.5. The van der Waals surface area contributed by atoms with Gasteiger partial charge in [-0.1, -0.05) is 126 Å². The largest absolute Gasteiger partial charge is 0.339 e. The first-order valence-electron chi connectivity index (χ1n) is 45.6. The van der Waals surface area contributed by atoms with Crippen molar-refractivity contribution in [3.05, 3.63) is 413 Å². The van der Waals surface area contributed by atoms with Gasteiger partial charge >= 0.3 is 22.8 Å². The number of imidazole rings is 8. The van der Waals surface area contributed by atoms with Crippen LogP contribution in [0.2, 0.25) is 0 Å². The van der Waals surface area contributed by atoms with Crippen LogP contribution >= 0.6 is 0 Å². The number of benzene rings is 4. The zero-order valence-corrected chi connectivity index (χ0v) is 77.4. The van der Waals surface area contributed by atoms with Gasteiger partial charge in [0.1, 0.15) is 45.9 Å². The Hall–Kier alpha value is -18.7. The number of fused-ring (bicyclic) bond motifs is 8. The molecule has 704 valence electrons. The molecule has 19 aromatic heterocycles. The van der Waals surface area contributed by atoms with E-state index in [-0.39, 0.29) is 5.78 Å². The molecule has 0 fully saturated rings. The molecule has 4 N–H and O–H groups in total. The van der Waals surface area contributed by atoms with Crippen molar-refractivity contribution in [2.45, 2.75) is 120 Å². The van der Waals surface area contributed by atoms with Gasteiger partial charge in [-0.3, -0.25) is 66.9 Å². The maximum Gasteiger partial charge on any atom is 0.330 e. The second-order valence-electron chi connectivity index (χ2n) is 33.6. The monoisotopic (exact) mass is 1880 g/mol. The van der Waals surface area contributed by atoms with Crippen LogP contribution in [-0.4, -0.2) is 150 Å². The van der Waals surface area contributed by atoms with Crippen LogP contribution in [0.5, 0.6) is 0 Å². The maximum atomic E-state index is 13.0. The molecule has 23 rings (SSSR count). The first kappa shape index (κ1) is 90.2. The summed E-state index contributed by atoms with van der Waals surface area (Å²) in [7, 11) is 1.89. The van der Waals surface area contributed by atoms with Gasteiger partial charge in [0, 0.05) is 182 Å². The maximum absolute atomic E-state index is 13.0. The van der Waals surface area contributed by atoms with E-state index in [2.05, 4.69) is 55.1 Å². The summed E-state index contributed by atoms with van der Waals surface area (Å²) in [5.41, 5.74) is 13.8. The molecule has 0 bridgehead atoms. The number of H-pyrrole nitrogens is 4. The molecule has 40 heteroatoms. The number of hydrogen-bond donors (Lipinski definition) is 4. The van der Waals surface area contributed by atoms with Crippen molar-refractivity contribution in [1.82, 2.24) is 144 Å². The Morgan fingerprint density at radius 1 is 0.333 bits per heavy atom. The minimum atomic E-state index is -0.482. The lowest BCUT2D eigenvalue weighted by molar-refractivity contribution is 0.101. The molecule has 0 aliphatic carbocycles. The highest BCUT2D eigenvalue weighted by Gasteiger charge is 2.27. The quantitative estimate of drug-likeness (QED) is 0.0408. The molecule has 0 amide bonds. The summed E-state index contributed by atoms with van der Waals surface area (Å²) < 4.78 is 28.0. The van der Waals surface area contributed by atoms with Crippen molar-refractivity contribution < 1.29 is 9.32 Å². The van der Waals surface area contributed by atoms with Gasteiger partial charge in [-0.05, 0) is 118 Å². The number of aromatic nitrogens is 30. The Bertz CT molecular complexity index is 8810. The second kappa shape index (κ2) is 38.2. The van der Waals surface area contributed by atoms with E-state index in [9.17, 15) is 43.2 Å². The van der Waals surface area contributed by atoms with E-state index in [1.54, 1.807) is 42.2 Å². The Morgan fingerprint density at radius 2 is 0.638 bits per heavy atom. The molecule has 40 nitrogen and oxygen atoms in total. The molecule has 0 unspecified atom stereocenters. The van der Waals surface area contributed by atoms with Gasteiger partial charge in [-0.2, -0.15) is 10.1 Å². The van der Waals surface area contributed by atoms with E-state index in [1.807, 2.05) is 290 Å². The highest BCUT2D eigenvalue weighted by atomic mass is 16.5. The molecule has 4 aromatic carbocycles. The molecule has 0 saturated heterocycles. The van der Waals surface area contributed by atoms with Gasteiger partial charge in [0.25, 0.3) is 22.2 Å². The fourth-order valence-corrected chi connectivity index (χ4v) is 17.5. The van der Waals surface area contributed by atoms with Crippen LogP contribution in [0.4, 0.5) is 0 Å². The summed E-state index contributed by atoms with van der Waals surface area (Å²) >= 11 is 0. The summed E-state index contributed by atoms with van der Waals surface area (Å²) in [5.74, 6) is 4.24. The van der Waals surface area contributed by atoms with Gasteiger partial charge in [0.05, 0.1) is 28.5 Å². The van der Waals surface area contributed by atoms with Crippen LogP contribution in [0.3, 0.4) is 0 Å². The lowest BCUT2D eigenvalue weighted by atomic mass is 10.1. The Balaban J connectivity index is 0.000000115. The number of nitrogens with one attached hydrogen (secondary N) is 4. The standard InChI is InChI=1S/C26H24N8O2.C26H22N8O2.C25H22N8O3.C24H22N6O3/c1-3-33-24-23(25(35)29-26(33)36)34(15-17-7-9-18(10-8-17)20-11-13-31(2)30-20)22(28-24)14-19-16-32-12-5-4-6-21(32)27-19;1-2-33-24-22(25(35)31-26(33)36)34(15-17-7-9-18(10-8-17)23-27-11-5-12-28-23)21(30-24)14-19-16-32-13-4-3-6-20(32)29-19;1-3-32-23-21(24(34)29-25(32)35)33(13-16-7-9-17(10-8-16)22-26-15(2)36-30-22)20(28-23)12-18-14-31-11-5-4-6-19(31)27-18;1-3-29-22-21(23(32)27-24(29)33)30(13-16-7-9-17(10-8-16)15(2)31)20(26-22)12-18-14-28-11-5-4-6-19(28)25-18/h4-13,16H,3,14-15H2,1-2H3,(H,29,35,36);3-13,16H,2,14-15H2,1H3,(H,31,35,36);4-11,14H,3,12-13H2,1-2H3,(H,29,34,35);4-11,14H,3,12-13H2,1-2H3,(H,27,32,33). The molecule has 0 atom stereocenters. The minimum Gasteiger partial charge on any atom is -0.339 e. The number of pyridine rings is 4. The number of ketones is 1. The summed E-state index contributed by atoms with van der Waals surface area (Å²) in [6.45, 7) is 13.8. The average molecular weight is 1880 g/mol. The van der Waals surface area contributed by atoms with Crippen molar-refractivity contribution >= 4 is 73.0 Å². The molecular formula is C101H90N30O10. The van der Waals surface area contributed by atoms with Gasteiger partial charge in [-0.15, -0.1) is 0 Å². The third kappa shape index (κ3) is 18.3. The van der Waals surface area contributed by atoms with Crippen molar-refractivity contribution in [2.75, 3.05) is 0 Å². The summed E-state index contributed by atoms with van der Waals surface area (Å²) in [6, 6.07) is 57.9. The third-order valence-corrected chi connectivity index (χ3v) is 24.3. The number of rotatable bonds is 24. The average Bonchev–Trinajstić information content (AvgIpc) is 1.61. The van der Waals surface area contributed by atoms with Crippen LogP contribution in [0.15, 0.2) is 293 Å². The van der Waals surface area contributed by atoms with Crippen molar-refractivity contribution in [1.29, 1.82) is 0 Å². The molecule has 0 radical (unpaired) electrons. The Morgan fingerprint density at radius 3 is 0.915 bits per heavy atom. The van der Waals surface area contributed by atoms with E-state index in [0.29, 0.717) is 169 Å². The predicted molar refractivity (Wildman–Crippen MR) is 527 cm³/mol. The van der Waals surface area contributed by atoms with Crippen molar-refractivity contribution in [3.63, 3.8) is 0 Å². The van der Waals surface area contributed by atoms with Crippen molar-refractivity contribution in [2.24, 2.45) is 7.05 Å². The first-order valence-corrected chi connectivity index (χ1v) is 45.6. The topological polar surface area (TPSA) is 460 Å². The smallest absolute Gasteiger partial charge is 0.330 e. The van der Waals surface area contributed by atoms with Crippen LogP contribution in [-0.2, 0) is 85.1 Å². The molecule has 0 saturated carbocycles. The number of carbonyl (C=O) groups is 1. The minimum absolute atomic E-state index is 0.00873. The summed E-state index contributed by atoms with van der Waals surface area (Å²) in [5, 5.41) is 8.42. The lowest BCUT2D eigenvalue weighted by Gasteiger charge is -2.09. The van der Waals surface area contributed by atoms with Crippen LogP contribution < -0.4 is 45.0 Å². The Labute approximate surface area is 795 Å². The van der Waals surface area contributed by atoms with E-state index >= 15 is 0 Å². The number of aromatic amines is 4. The zero-order chi connectivity index (χ0) is 97.4. The van der Waals surface area contributed by atoms with E-state index in [4.69, 9.17) is 34.4 Å². The van der Waals surface area contributed by atoms with Crippen molar-refractivity contribution in [3.8, 4) is 34.0 Å². The zero-order valence-electron chi connectivity index (χ0n) is 77.4. The van der Waals surface area contributed by atoms with E-state index < -0.39 is 45.0 Å². The van der Waals surface area contributed by atoms with Gasteiger partial charge in [0.2, 0.25) is 11.7 Å². The lowest BCUT2D eigenvalue weighted by Crippen LogP contribution is -2.30. The van der Waals surface area contributed by atoms with Crippen LogP contribution in [0, 0.1) is 6.92 Å². The number of nitrogens with zero attached hydrogens (tertiary/aromatic N) is 26. The number of aryl methyl sites for hydroxylation is 6. The second-order valence-corrected chi connectivity index (χ2v) is 33.6. The van der Waals surface area contributed by atoms with Gasteiger partial charge < -0.3 is 40.4 Å². The fraction of sp³-hybridized carbons (Fsp3) is 0.188. The third-order valence-electron chi connectivity index (χ3n) is 24.3. The van der Waals surface area contributed by atoms with E-state index in [1.165, 1.54) is 25.2 Å². The van der Waals surface area contributed by atoms with Crippen LogP contribution in [0.1, 0.15) is 119 Å². The van der Waals surface area contributed by atoms with Gasteiger partial charge in [0.15, 0.2) is 56.3 Å². The molecule has 141 heavy (non-hydrogen) atoms. The summed E-state index contributed by atoms with van der Waals surface area (Å²) in [6.07, 6.45) is 22.4. The first-order chi connectivity index (χ1) is 68.5. The molecule has 0 aliphatic heterocycles. The highest BCUT2D eigenvalue weighted by Crippen LogP contribution is 2.28. The SMILES string of the molecule is CCn1c(=O)[nH]c(=O)c2c1nc(Cc1cn3ccccc3n1)n2Cc1ccc(-c2ccn(C)n2)cc1.CCn1c(=O)[nH]c(=O)c2c1nc(Cc1cn3ccccc3n1)n2Cc1ccc(-c2ncccn2)cc1.CCn1c(=O)[nH]c(=O)c2c1nc(Cc1cn3ccccc3n1)n2Cc1ccc(-c2noc(C)n2)cc1.CCn1c(=O)[nH]c(=O)c2c1nc(Cc1cn3ccccc3n1)n2Cc1ccc(C(C)=O)cc1. The molecule has 0 aliphatic rings. The molecule has 19 heterocycles. The van der Waals surface area contributed by atoms with Gasteiger partial charge in [-0.25, -0.2) is 69.0 Å². The predicted octanol–water partition coefficient (Wildman–Crippen LogP) is 10.2. The van der Waals surface area contributed by atoms with E-state index in [0.717, 1.165) is 90.0 Å². The number of Topliss-reactive ketones (excluding diaryl/α,β-unsaturated/α-hetero) is 1. The molecule has 23 aromatic rings. The normalized spacial score (nSPS) is 11.5. The summed E-state index contributed by atoms with van der Waals surface area (Å²) in [4.78, 5) is 173. The highest BCUT2D eigenvalue weighted by molar-refractivity contribution is 5.94. The number of hydrogen-bond acceptors (Lipinski definition) is 23.